The van der Waals surface area contributed by atoms with Gasteiger partial charge in [0.05, 0.1) is 17.2 Å². The summed E-state index contributed by atoms with van der Waals surface area (Å²) in [5.41, 5.74) is 1.46. The number of anilines is 1. The number of rotatable bonds is 5. The third-order valence-corrected chi connectivity index (χ3v) is 3.36. The summed E-state index contributed by atoms with van der Waals surface area (Å²) in [6.07, 6.45) is 0. The highest BCUT2D eigenvalue weighted by molar-refractivity contribution is 6.30. The second-order valence-electron chi connectivity index (χ2n) is 4.86. The highest BCUT2D eigenvalue weighted by Crippen LogP contribution is 2.16. The first-order valence-electron chi connectivity index (χ1n) is 7.25. The van der Waals surface area contributed by atoms with Gasteiger partial charge in [-0.15, -0.1) is 0 Å². The summed E-state index contributed by atoms with van der Waals surface area (Å²) in [6.45, 7) is 2.18. The summed E-state index contributed by atoms with van der Waals surface area (Å²) in [7, 11) is 0. The van der Waals surface area contributed by atoms with Gasteiger partial charge in [0.2, 0.25) is 0 Å². The van der Waals surface area contributed by atoms with Gasteiger partial charge in [-0.1, -0.05) is 23.7 Å². The number of hydrogen-bond donors (Lipinski definition) is 2. The van der Waals surface area contributed by atoms with E-state index in [4.69, 9.17) is 16.3 Å². The Bertz CT molecular complexity index is 752. The maximum absolute atomic E-state index is 13.1. The van der Waals surface area contributed by atoms with Crippen molar-refractivity contribution in [1.82, 2.24) is 5.32 Å². The first kappa shape index (κ1) is 17.7. The van der Waals surface area contributed by atoms with Crippen LogP contribution in [0.3, 0.4) is 0 Å². The van der Waals surface area contributed by atoms with E-state index >= 15 is 0 Å². The number of benzene rings is 2. The van der Waals surface area contributed by atoms with Gasteiger partial charge >= 0.3 is 12.0 Å². The molecule has 0 heterocycles. The van der Waals surface area contributed by atoms with Crippen LogP contribution in [0.15, 0.2) is 42.5 Å². The highest BCUT2D eigenvalue weighted by Gasteiger charge is 2.08. The molecule has 0 fully saturated rings. The average Bonchev–Trinajstić information content (AvgIpc) is 2.56. The van der Waals surface area contributed by atoms with Crippen molar-refractivity contribution in [3.8, 4) is 0 Å². The molecular formula is C17H16ClFN2O3. The van der Waals surface area contributed by atoms with E-state index in [1.54, 1.807) is 25.1 Å². The second-order valence-corrected chi connectivity index (χ2v) is 5.26. The van der Waals surface area contributed by atoms with Crippen molar-refractivity contribution < 1.29 is 18.7 Å². The van der Waals surface area contributed by atoms with Crippen molar-refractivity contribution >= 4 is 29.3 Å². The molecule has 24 heavy (non-hydrogen) atoms. The minimum Gasteiger partial charge on any atom is -0.462 e. The lowest BCUT2D eigenvalue weighted by Gasteiger charge is -2.09. The molecule has 2 aromatic carbocycles. The molecule has 0 aliphatic carbocycles. The molecule has 2 N–H and O–H groups in total. The van der Waals surface area contributed by atoms with Gasteiger partial charge in [0.25, 0.3) is 0 Å². The van der Waals surface area contributed by atoms with Gasteiger partial charge < -0.3 is 15.4 Å². The summed E-state index contributed by atoms with van der Waals surface area (Å²) in [5, 5.41) is 5.23. The van der Waals surface area contributed by atoms with Crippen LogP contribution in [0.1, 0.15) is 22.8 Å². The van der Waals surface area contributed by atoms with E-state index in [0.717, 1.165) is 0 Å². The lowest BCUT2D eigenvalue weighted by atomic mass is 10.2. The summed E-state index contributed by atoms with van der Waals surface area (Å²) < 4.78 is 18.0. The molecule has 0 spiro atoms. The molecule has 0 bridgehead atoms. The average molecular weight is 351 g/mol. The van der Waals surface area contributed by atoms with Gasteiger partial charge in [-0.3, -0.25) is 0 Å². The second kappa shape index (κ2) is 8.31. The Morgan fingerprint density at radius 3 is 2.71 bits per heavy atom. The zero-order chi connectivity index (χ0) is 17.5. The Labute approximate surface area is 143 Å². The van der Waals surface area contributed by atoms with E-state index in [-0.39, 0.29) is 18.2 Å². The van der Waals surface area contributed by atoms with E-state index in [2.05, 4.69) is 10.6 Å². The molecule has 7 heteroatoms. The van der Waals surface area contributed by atoms with Crippen molar-refractivity contribution in [2.45, 2.75) is 13.5 Å². The van der Waals surface area contributed by atoms with Gasteiger partial charge in [-0.05, 0) is 42.8 Å². The van der Waals surface area contributed by atoms with E-state index in [0.29, 0.717) is 16.8 Å². The lowest BCUT2D eigenvalue weighted by Crippen LogP contribution is -2.28. The zero-order valence-electron chi connectivity index (χ0n) is 12.9. The van der Waals surface area contributed by atoms with Crippen molar-refractivity contribution in [1.29, 1.82) is 0 Å². The van der Waals surface area contributed by atoms with Crippen molar-refractivity contribution in [2.24, 2.45) is 0 Å². The Kier molecular flexibility index (Phi) is 6.14. The van der Waals surface area contributed by atoms with Gasteiger partial charge in [-0.25, -0.2) is 14.0 Å². The molecule has 0 aromatic heterocycles. The normalized spacial score (nSPS) is 10.1. The number of urea groups is 1. The standard InChI is InChI=1S/C17H16ClFN2O3/c1-2-24-16(22)12-4-3-5-13(9-12)21-17(23)20-10-11-6-7-15(19)14(18)8-11/h3-9H,2,10H2,1H3,(H2,20,21,23). The quantitative estimate of drug-likeness (QED) is 0.801. The van der Waals surface area contributed by atoms with Crippen molar-refractivity contribution in [2.75, 3.05) is 11.9 Å². The Morgan fingerprint density at radius 2 is 2.00 bits per heavy atom. The highest BCUT2D eigenvalue weighted by atomic mass is 35.5. The molecule has 2 rings (SSSR count). The predicted octanol–water partition coefficient (Wildman–Crippen LogP) is 3.98. The number of hydrogen-bond acceptors (Lipinski definition) is 3. The van der Waals surface area contributed by atoms with Crippen molar-refractivity contribution in [3.05, 3.63) is 64.4 Å². The number of ether oxygens (including phenoxy) is 1. The summed E-state index contributed by atoms with van der Waals surface area (Å²) in [6, 6.07) is 10.2. The number of carbonyl (C=O) groups is 2. The Morgan fingerprint density at radius 1 is 1.21 bits per heavy atom. The molecular weight excluding hydrogens is 335 g/mol. The van der Waals surface area contributed by atoms with Crippen LogP contribution in [0.2, 0.25) is 5.02 Å². The Balaban J connectivity index is 1.93. The summed E-state index contributed by atoms with van der Waals surface area (Å²) >= 11 is 5.68. The molecule has 0 radical (unpaired) electrons. The lowest BCUT2D eigenvalue weighted by molar-refractivity contribution is 0.0526. The molecule has 5 nitrogen and oxygen atoms in total. The van der Waals surface area contributed by atoms with E-state index in [1.807, 2.05) is 0 Å². The number of amides is 2. The number of carbonyl (C=O) groups excluding carboxylic acids is 2. The van der Waals surface area contributed by atoms with E-state index in [1.165, 1.54) is 24.3 Å². The van der Waals surface area contributed by atoms with Gasteiger partial charge in [0.1, 0.15) is 5.82 Å². The van der Waals surface area contributed by atoms with E-state index < -0.39 is 17.8 Å². The maximum Gasteiger partial charge on any atom is 0.338 e. The molecule has 2 amide bonds. The molecule has 0 atom stereocenters. The molecule has 126 valence electrons. The van der Waals surface area contributed by atoms with Crippen LogP contribution in [-0.4, -0.2) is 18.6 Å². The number of nitrogens with one attached hydrogen (secondary N) is 2. The molecule has 0 aliphatic heterocycles. The fraction of sp³-hybridized carbons (Fsp3) is 0.176. The largest absolute Gasteiger partial charge is 0.462 e. The molecule has 0 saturated heterocycles. The minimum absolute atomic E-state index is 0.00292. The fourth-order valence-corrected chi connectivity index (χ4v) is 2.15. The SMILES string of the molecule is CCOC(=O)c1cccc(NC(=O)NCc2ccc(F)c(Cl)c2)c1. The third kappa shape index (κ3) is 4.96. The van der Waals surface area contributed by atoms with Gasteiger partial charge in [0.15, 0.2) is 0 Å². The summed E-state index contributed by atoms with van der Waals surface area (Å²) in [5.74, 6) is -0.969. The van der Waals surface area contributed by atoms with Crippen LogP contribution in [-0.2, 0) is 11.3 Å². The topological polar surface area (TPSA) is 67.4 Å². The van der Waals surface area contributed by atoms with Crippen LogP contribution >= 0.6 is 11.6 Å². The molecule has 0 saturated carbocycles. The number of esters is 1. The fourth-order valence-electron chi connectivity index (χ4n) is 1.95. The zero-order valence-corrected chi connectivity index (χ0v) is 13.7. The predicted molar refractivity (Wildman–Crippen MR) is 89.7 cm³/mol. The molecule has 0 aliphatic rings. The van der Waals surface area contributed by atoms with Crippen molar-refractivity contribution in [3.63, 3.8) is 0 Å². The Hall–Kier alpha value is -2.60. The first-order valence-corrected chi connectivity index (χ1v) is 7.63. The van der Waals surface area contributed by atoms with Crippen LogP contribution in [0, 0.1) is 5.82 Å². The monoisotopic (exact) mass is 350 g/mol. The maximum atomic E-state index is 13.1. The number of halogens is 2. The van der Waals surface area contributed by atoms with Crippen LogP contribution in [0.4, 0.5) is 14.9 Å². The van der Waals surface area contributed by atoms with Gasteiger partial charge in [-0.2, -0.15) is 0 Å². The van der Waals surface area contributed by atoms with Gasteiger partial charge in [0, 0.05) is 12.2 Å². The smallest absolute Gasteiger partial charge is 0.338 e. The van der Waals surface area contributed by atoms with Crippen LogP contribution in [0.25, 0.3) is 0 Å². The minimum atomic E-state index is -0.513. The summed E-state index contributed by atoms with van der Waals surface area (Å²) in [4.78, 5) is 23.6. The first-order chi connectivity index (χ1) is 11.5. The molecule has 0 unspecified atom stereocenters. The third-order valence-electron chi connectivity index (χ3n) is 3.07. The van der Waals surface area contributed by atoms with E-state index in [9.17, 15) is 14.0 Å². The van der Waals surface area contributed by atoms with Crippen LogP contribution < -0.4 is 10.6 Å². The van der Waals surface area contributed by atoms with Crippen LogP contribution in [0.5, 0.6) is 0 Å². The molecule has 2 aromatic rings.